The number of benzene rings is 3. The van der Waals surface area contributed by atoms with Gasteiger partial charge in [-0.1, -0.05) is 54.6 Å². The highest BCUT2D eigenvalue weighted by atomic mass is 31.1. The first kappa shape index (κ1) is 29.4. The van der Waals surface area contributed by atoms with Gasteiger partial charge >= 0.3 is 14.4 Å². The van der Waals surface area contributed by atoms with Gasteiger partial charge in [0.15, 0.2) is 0 Å². The van der Waals surface area contributed by atoms with Crippen LogP contribution < -0.4 is 20.7 Å². The minimum atomic E-state index is -1.10. The summed E-state index contributed by atoms with van der Waals surface area (Å²) in [5.74, 6) is 1.40. The largest absolute Gasteiger partial charge is 0.497 e. The van der Waals surface area contributed by atoms with Crippen LogP contribution in [-0.2, 0) is 24.2 Å². The highest BCUT2D eigenvalue weighted by Gasteiger charge is 2.44. The molecule has 4 aromatic rings. The van der Waals surface area contributed by atoms with Crippen molar-refractivity contribution in [1.29, 1.82) is 0 Å². The number of nitrogens with zero attached hydrogens (tertiary/aromatic N) is 1. The highest BCUT2D eigenvalue weighted by Crippen LogP contribution is 2.43. The lowest BCUT2D eigenvalue weighted by atomic mass is 9.80. The molecule has 0 aliphatic carbocycles. The molecule has 0 amide bonds. The van der Waals surface area contributed by atoms with Crippen molar-refractivity contribution in [2.24, 2.45) is 0 Å². The minimum absolute atomic E-state index is 0.0235. The van der Waals surface area contributed by atoms with E-state index in [1.165, 1.54) is 10.8 Å². The van der Waals surface area contributed by atoms with E-state index in [1.54, 1.807) is 21.1 Å². The van der Waals surface area contributed by atoms with E-state index in [4.69, 9.17) is 23.5 Å². The molecule has 218 valence electrons. The van der Waals surface area contributed by atoms with Crippen molar-refractivity contribution in [2.45, 2.75) is 37.4 Å². The first-order valence-corrected chi connectivity index (χ1v) is 14.2. The zero-order chi connectivity index (χ0) is 29.7. The van der Waals surface area contributed by atoms with Crippen molar-refractivity contribution in [2.75, 3.05) is 20.8 Å². The normalized spacial score (nSPS) is 18.7. The molecule has 1 aromatic heterocycles. The summed E-state index contributed by atoms with van der Waals surface area (Å²) >= 11 is 0. The number of aromatic amines is 1. The van der Waals surface area contributed by atoms with Crippen LogP contribution >= 0.6 is 8.69 Å². The number of ether oxygens (including phenoxy) is 4. The van der Waals surface area contributed by atoms with Gasteiger partial charge in [-0.15, -0.1) is 4.52 Å². The molecule has 1 aliphatic rings. The van der Waals surface area contributed by atoms with E-state index in [0.29, 0.717) is 17.1 Å². The highest BCUT2D eigenvalue weighted by molar-refractivity contribution is 7.17. The summed E-state index contributed by atoms with van der Waals surface area (Å²) in [4.78, 5) is 26.8. The van der Waals surface area contributed by atoms with Gasteiger partial charge in [0.05, 0.1) is 20.8 Å². The standard InChI is InChI=1S/C31H31N2O8P/c1-20-18-33(30(35)32-29(20)34)28-17-26(41-42-36)27(40-28)19-39-31(21-7-5-4-6-8-21,22-9-13-24(37-2)14-10-22)23-11-15-25(38-3)16-12-23/h4-16,18,26-28,42H,17,19H2,1-3H3/p+1/t26-,27+,28+/m0/s1. The van der Waals surface area contributed by atoms with Crippen molar-refractivity contribution in [3.8, 4) is 11.5 Å². The molecule has 11 heteroatoms. The third kappa shape index (κ3) is 5.80. The maximum atomic E-state index is 12.6. The molecule has 10 nitrogen and oxygen atoms in total. The van der Waals surface area contributed by atoms with Gasteiger partial charge in [-0.25, -0.2) is 4.79 Å². The Morgan fingerprint density at radius 2 is 1.48 bits per heavy atom. The molecule has 1 saturated heterocycles. The molecule has 3 aromatic carbocycles. The molecule has 42 heavy (non-hydrogen) atoms. The van der Waals surface area contributed by atoms with Crippen LogP contribution in [0.5, 0.6) is 11.5 Å². The maximum absolute atomic E-state index is 12.6. The van der Waals surface area contributed by atoms with Crippen molar-refractivity contribution in [3.05, 3.63) is 128 Å². The van der Waals surface area contributed by atoms with Crippen LogP contribution in [0.1, 0.15) is 34.9 Å². The average Bonchev–Trinajstić information content (AvgIpc) is 3.42. The summed E-state index contributed by atoms with van der Waals surface area (Å²) in [6, 6.07) is 25.1. The monoisotopic (exact) mass is 591 g/mol. The molecular weight excluding hydrogens is 559 g/mol. The SMILES string of the molecule is COc1ccc(C(OC[C@H]2O[C@@H](n3cc(C)c(=O)[nH]c3=O)C[C@@H]2O[PH+]=O)(c2ccccc2)c2ccc(OC)cc2)cc1. The van der Waals surface area contributed by atoms with E-state index in [2.05, 4.69) is 4.98 Å². The van der Waals surface area contributed by atoms with Gasteiger partial charge < -0.3 is 18.9 Å². The molecule has 4 atom stereocenters. The van der Waals surface area contributed by atoms with Crippen LogP contribution in [0.4, 0.5) is 0 Å². The van der Waals surface area contributed by atoms with Crippen LogP contribution in [0, 0.1) is 6.92 Å². The number of hydrogen-bond acceptors (Lipinski definition) is 8. The number of rotatable bonds is 11. The number of H-pyrrole nitrogens is 1. The smallest absolute Gasteiger partial charge is 0.494 e. The third-order valence-electron chi connectivity index (χ3n) is 7.47. The van der Waals surface area contributed by atoms with E-state index < -0.39 is 44.0 Å². The Morgan fingerprint density at radius 3 is 2.02 bits per heavy atom. The summed E-state index contributed by atoms with van der Waals surface area (Å²) in [5, 5.41) is 0. The summed E-state index contributed by atoms with van der Waals surface area (Å²) in [5.41, 5.74) is 0.741. The van der Waals surface area contributed by atoms with Crippen LogP contribution in [0.3, 0.4) is 0 Å². The fraction of sp³-hybridized carbons (Fsp3) is 0.290. The Bertz CT molecular complexity index is 1570. The fourth-order valence-electron chi connectivity index (χ4n) is 5.29. The third-order valence-corrected chi connectivity index (χ3v) is 7.87. The van der Waals surface area contributed by atoms with Gasteiger partial charge in [0.2, 0.25) is 0 Å². The molecule has 2 heterocycles. The van der Waals surface area contributed by atoms with E-state index in [-0.39, 0.29) is 13.0 Å². The minimum Gasteiger partial charge on any atom is -0.497 e. The van der Waals surface area contributed by atoms with E-state index in [0.717, 1.165) is 16.7 Å². The van der Waals surface area contributed by atoms with Gasteiger partial charge in [0.1, 0.15) is 35.5 Å². The molecule has 0 radical (unpaired) electrons. The molecule has 0 saturated carbocycles. The molecule has 0 bridgehead atoms. The zero-order valence-electron chi connectivity index (χ0n) is 23.4. The second kappa shape index (κ2) is 12.8. The van der Waals surface area contributed by atoms with Gasteiger partial charge in [0.25, 0.3) is 5.56 Å². The van der Waals surface area contributed by atoms with Crippen LogP contribution in [0.15, 0.2) is 94.6 Å². The lowest BCUT2D eigenvalue weighted by Gasteiger charge is -2.37. The molecule has 0 spiro atoms. The average molecular weight is 592 g/mol. The lowest BCUT2D eigenvalue weighted by molar-refractivity contribution is -0.0907. The summed E-state index contributed by atoms with van der Waals surface area (Å²) in [6.07, 6.45) is -0.386. The first-order valence-electron chi connectivity index (χ1n) is 13.4. The summed E-state index contributed by atoms with van der Waals surface area (Å²) in [7, 11) is 2.19. The zero-order valence-corrected chi connectivity index (χ0v) is 24.4. The number of aryl methyl sites for hydroxylation is 1. The van der Waals surface area contributed by atoms with E-state index in [1.807, 2.05) is 78.9 Å². The predicted molar refractivity (Wildman–Crippen MR) is 157 cm³/mol. The molecule has 5 rings (SSSR count). The van der Waals surface area contributed by atoms with Crippen LogP contribution in [0.25, 0.3) is 0 Å². The summed E-state index contributed by atoms with van der Waals surface area (Å²) in [6.45, 7) is 1.63. The van der Waals surface area contributed by atoms with Crippen molar-refractivity contribution >= 4 is 8.69 Å². The van der Waals surface area contributed by atoms with Gasteiger partial charge in [0, 0.05) is 18.2 Å². The molecule has 1 unspecified atom stereocenters. The van der Waals surface area contributed by atoms with Crippen molar-refractivity contribution < 1.29 is 28.0 Å². The second-order valence-corrected chi connectivity index (χ2v) is 10.3. The quantitative estimate of drug-likeness (QED) is 0.200. The summed E-state index contributed by atoms with van der Waals surface area (Å²) < 4.78 is 42.5. The van der Waals surface area contributed by atoms with E-state index >= 15 is 0 Å². The predicted octanol–water partition coefficient (Wildman–Crippen LogP) is 4.48. The molecule has 1 N–H and O–H groups in total. The van der Waals surface area contributed by atoms with Crippen molar-refractivity contribution in [1.82, 2.24) is 9.55 Å². The topological polar surface area (TPSA) is 118 Å². The fourth-order valence-corrected chi connectivity index (χ4v) is 5.66. The van der Waals surface area contributed by atoms with Crippen LogP contribution in [-0.4, -0.2) is 42.6 Å². The van der Waals surface area contributed by atoms with Crippen LogP contribution in [0.2, 0.25) is 0 Å². The van der Waals surface area contributed by atoms with Crippen molar-refractivity contribution in [3.63, 3.8) is 0 Å². The maximum Gasteiger partial charge on any atom is 0.494 e. The number of methoxy groups -OCH3 is 2. The Hall–Kier alpha value is -4.08. The second-order valence-electron chi connectivity index (χ2n) is 9.90. The molecular formula is C31H32N2O8P+. The Morgan fingerprint density at radius 1 is 0.905 bits per heavy atom. The molecule has 1 fully saturated rings. The van der Waals surface area contributed by atoms with E-state index in [9.17, 15) is 14.2 Å². The lowest BCUT2D eigenvalue weighted by Crippen LogP contribution is -2.38. The van der Waals surface area contributed by atoms with Gasteiger partial charge in [-0.05, 0) is 52.4 Å². The number of nitrogens with one attached hydrogen (secondary N) is 1. The number of aromatic nitrogens is 2. The Labute approximate surface area is 244 Å². The first-order chi connectivity index (χ1) is 20.4. The Kier molecular flexibility index (Phi) is 8.99. The van der Waals surface area contributed by atoms with Gasteiger partial charge in [-0.2, -0.15) is 0 Å². The van der Waals surface area contributed by atoms with Gasteiger partial charge in [-0.3, -0.25) is 14.3 Å². The number of hydrogen-bond donors (Lipinski definition) is 1. The Balaban J connectivity index is 1.57. The molecule has 1 aliphatic heterocycles.